The van der Waals surface area contributed by atoms with Gasteiger partial charge >= 0.3 is 0 Å². The Labute approximate surface area is 66.5 Å². The lowest BCUT2D eigenvalue weighted by molar-refractivity contribution is -0.673. The summed E-state index contributed by atoms with van der Waals surface area (Å²) in [5, 5.41) is 0. The van der Waals surface area contributed by atoms with E-state index in [1.165, 1.54) is 0 Å². The van der Waals surface area contributed by atoms with Gasteiger partial charge in [0.1, 0.15) is 7.05 Å². The molecule has 0 bridgehead atoms. The lowest BCUT2D eigenvalue weighted by Gasteiger charge is -1.84. The first-order valence-electron chi connectivity index (χ1n) is 2.43. The van der Waals surface area contributed by atoms with Crippen molar-refractivity contribution in [2.45, 2.75) is 4.90 Å². The molecule has 1 aromatic heterocycles. The molecule has 0 aliphatic heterocycles. The van der Waals surface area contributed by atoms with E-state index in [0.717, 1.165) is 4.90 Å². The van der Waals surface area contributed by atoms with Gasteiger partial charge < -0.3 is 12.4 Å². The van der Waals surface area contributed by atoms with Gasteiger partial charge in [-0.15, -0.1) is 12.6 Å². The van der Waals surface area contributed by atoms with Crippen molar-refractivity contribution in [3.8, 4) is 0 Å². The van der Waals surface area contributed by atoms with Crippen LogP contribution in [0.3, 0.4) is 0 Å². The molecule has 0 radical (unpaired) electrons. The Morgan fingerprint density at radius 3 is 2.56 bits per heavy atom. The van der Waals surface area contributed by atoms with Crippen molar-refractivity contribution in [1.82, 2.24) is 0 Å². The fraction of sp³-hybridized carbons (Fsp3) is 0.167. The van der Waals surface area contributed by atoms with Gasteiger partial charge in [-0.25, -0.2) is 4.57 Å². The summed E-state index contributed by atoms with van der Waals surface area (Å²) in [6, 6.07) is 3.91. The maximum atomic E-state index is 4.13. The molecular formula is C6H8ClNS. The fourth-order valence-corrected chi connectivity index (χ4v) is 0.840. The van der Waals surface area contributed by atoms with Crippen LogP contribution in [-0.2, 0) is 7.05 Å². The molecule has 0 fully saturated rings. The third-order valence-electron chi connectivity index (χ3n) is 0.924. The minimum atomic E-state index is 0. The van der Waals surface area contributed by atoms with Gasteiger partial charge in [0.25, 0.3) is 0 Å². The van der Waals surface area contributed by atoms with Crippen LogP contribution in [0.4, 0.5) is 0 Å². The predicted octanol–water partition coefficient (Wildman–Crippen LogP) is -2.20. The summed E-state index contributed by atoms with van der Waals surface area (Å²) in [6.07, 6.45) is 3.92. The minimum Gasteiger partial charge on any atom is -1.00 e. The Bertz CT molecular complexity index is 173. The van der Waals surface area contributed by atoms with E-state index in [2.05, 4.69) is 12.6 Å². The number of aromatic nitrogens is 1. The van der Waals surface area contributed by atoms with Crippen molar-refractivity contribution >= 4 is 12.6 Å². The first kappa shape index (κ1) is 8.79. The Morgan fingerprint density at radius 2 is 2.22 bits per heavy atom. The maximum absolute atomic E-state index is 4.13. The van der Waals surface area contributed by atoms with Crippen molar-refractivity contribution < 1.29 is 17.0 Å². The molecule has 3 heteroatoms. The van der Waals surface area contributed by atoms with Crippen LogP contribution < -0.4 is 17.0 Å². The average Bonchev–Trinajstić information content (AvgIpc) is 1.64. The van der Waals surface area contributed by atoms with Crippen LogP contribution in [0.25, 0.3) is 0 Å². The normalized spacial score (nSPS) is 8.22. The van der Waals surface area contributed by atoms with Crippen LogP contribution in [0, 0.1) is 0 Å². The van der Waals surface area contributed by atoms with E-state index >= 15 is 0 Å². The summed E-state index contributed by atoms with van der Waals surface area (Å²) in [4.78, 5) is 0.995. The van der Waals surface area contributed by atoms with Crippen LogP contribution in [0.2, 0.25) is 0 Å². The first-order valence-corrected chi connectivity index (χ1v) is 2.88. The molecular weight excluding hydrogens is 154 g/mol. The standard InChI is InChI=1S/C6H7NS.ClH/c1-7-4-2-3-6(8)5-7;/h2-5H,1H3;1H. The summed E-state index contributed by atoms with van der Waals surface area (Å²) in [7, 11) is 1.97. The van der Waals surface area contributed by atoms with E-state index in [0.29, 0.717) is 0 Å². The minimum absolute atomic E-state index is 0. The van der Waals surface area contributed by atoms with Gasteiger partial charge in [0.15, 0.2) is 12.4 Å². The van der Waals surface area contributed by atoms with Gasteiger partial charge in [-0.05, 0) is 6.07 Å². The summed E-state index contributed by atoms with van der Waals surface area (Å²) < 4.78 is 1.96. The molecule has 1 nitrogen and oxygen atoms in total. The maximum Gasteiger partial charge on any atom is 0.181 e. The highest BCUT2D eigenvalue weighted by Gasteiger charge is 1.88. The number of pyridine rings is 1. The molecule has 9 heavy (non-hydrogen) atoms. The molecule has 1 aromatic rings. The monoisotopic (exact) mass is 161 g/mol. The molecule has 1 heterocycles. The molecule has 0 spiro atoms. The summed E-state index contributed by atoms with van der Waals surface area (Å²) in [5.41, 5.74) is 0. The molecule has 0 saturated heterocycles. The molecule has 0 atom stereocenters. The summed E-state index contributed by atoms with van der Waals surface area (Å²) >= 11 is 4.13. The van der Waals surface area contributed by atoms with Crippen LogP contribution in [0.5, 0.6) is 0 Å². The van der Waals surface area contributed by atoms with Gasteiger partial charge in [0, 0.05) is 6.07 Å². The molecule has 50 valence electrons. The van der Waals surface area contributed by atoms with Gasteiger partial charge in [-0.1, -0.05) is 0 Å². The first-order chi connectivity index (χ1) is 3.79. The van der Waals surface area contributed by atoms with Crippen molar-refractivity contribution in [3.05, 3.63) is 24.5 Å². The van der Waals surface area contributed by atoms with E-state index < -0.39 is 0 Å². The van der Waals surface area contributed by atoms with Crippen molar-refractivity contribution in [2.24, 2.45) is 7.05 Å². The smallest absolute Gasteiger partial charge is 0.181 e. The molecule has 0 amide bonds. The van der Waals surface area contributed by atoms with E-state index in [1.807, 2.05) is 36.1 Å². The Kier molecular flexibility index (Phi) is 3.66. The van der Waals surface area contributed by atoms with E-state index in [4.69, 9.17) is 0 Å². The lowest BCUT2D eigenvalue weighted by Crippen LogP contribution is -3.00. The quantitative estimate of drug-likeness (QED) is 0.326. The van der Waals surface area contributed by atoms with Crippen LogP contribution in [0.15, 0.2) is 29.4 Å². The predicted molar refractivity (Wildman–Crippen MR) is 34.9 cm³/mol. The fourth-order valence-electron chi connectivity index (χ4n) is 0.572. The van der Waals surface area contributed by atoms with E-state index in [9.17, 15) is 0 Å². The third-order valence-corrected chi connectivity index (χ3v) is 1.19. The molecule has 0 unspecified atom stereocenters. The lowest BCUT2D eigenvalue weighted by atomic mass is 10.5. The Morgan fingerprint density at radius 1 is 1.56 bits per heavy atom. The highest BCUT2D eigenvalue weighted by Crippen LogP contribution is 1.96. The largest absolute Gasteiger partial charge is 1.00 e. The highest BCUT2D eigenvalue weighted by atomic mass is 35.5. The SMILES string of the molecule is C[n+]1cccc(S)c1.[Cl-]. The van der Waals surface area contributed by atoms with E-state index in [1.54, 1.807) is 0 Å². The zero-order valence-corrected chi connectivity index (χ0v) is 6.73. The second kappa shape index (κ2) is 3.75. The molecule has 0 aliphatic carbocycles. The molecule has 0 aromatic carbocycles. The number of rotatable bonds is 0. The third kappa shape index (κ3) is 2.72. The average molecular weight is 162 g/mol. The van der Waals surface area contributed by atoms with Crippen LogP contribution in [0.1, 0.15) is 0 Å². The molecule has 0 N–H and O–H groups in total. The molecule has 1 rings (SSSR count). The summed E-state index contributed by atoms with van der Waals surface area (Å²) in [6.45, 7) is 0. The topological polar surface area (TPSA) is 3.88 Å². The van der Waals surface area contributed by atoms with E-state index in [-0.39, 0.29) is 12.4 Å². The number of hydrogen-bond donors (Lipinski definition) is 1. The second-order valence-corrected chi connectivity index (χ2v) is 2.24. The van der Waals surface area contributed by atoms with Crippen LogP contribution in [-0.4, -0.2) is 0 Å². The number of thiol groups is 1. The summed E-state index contributed by atoms with van der Waals surface area (Å²) in [5.74, 6) is 0. The number of aryl methyl sites for hydroxylation is 1. The van der Waals surface area contributed by atoms with Gasteiger partial charge in [-0.2, -0.15) is 0 Å². The molecule has 0 saturated carbocycles. The van der Waals surface area contributed by atoms with Crippen molar-refractivity contribution in [2.75, 3.05) is 0 Å². The van der Waals surface area contributed by atoms with Crippen molar-refractivity contribution in [3.63, 3.8) is 0 Å². The van der Waals surface area contributed by atoms with Gasteiger partial charge in [0.05, 0.1) is 4.90 Å². The number of nitrogens with zero attached hydrogens (tertiary/aromatic N) is 1. The molecule has 0 aliphatic rings. The van der Waals surface area contributed by atoms with Gasteiger partial charge in [-0.3, -0.25) is 0 Å². The number of halogens is 1. The second-order valence-electron chi connectivity index (χ2n) is 1.73. The zero-order valence-electron chi connectivity index (χ0n) is 5.08. The van der Waals surface area contributed by atoms with Crippen LogP contribution >= 0.6 is 12.6 Å². The number of hydrogen-bond acceptors (Lipinski definition) is 1. The Balaban J connectivity index is 0.000000640. The van der Waals surface area contributed by atoms with Crippen molar-refractivity contribution in [1.29, 1.82) is 0 Å². The Hall–Kier alpha value is -0.210. The highest BCUT2D eigenvalue weighted by molar-refractivity contribution is 7.80. The van der Waals surface area contributed by atoms with Gasteiger partial charge in [0.2, 0.25) is 0 Å². The zero-order chi connectivity index (χ0) is 5.98.